The molecule has 1 unspecified atom stereocenters. The molecular weight excluding hydrogens is 266 g/mol. The molecule has 0 aromatic heterocycles. The van der Waals surface area contributed by atoms with Crippen LogP contribution in [0.15, 0.2) is 23.8 Å². The zero-order chi connectivity index (χ0) is 14.0. The van der Waals surface area contributed by atoms with Crippen LogP contribution < -0.4 is 9.64 Å². The quantitative estimate of drug-likeness (QED) is 0.861. The lowest BCUT2D eigenvalue weighted by Crippen LogP contribution is -2.25. The highest BCUT2D eigenvalue weighted by Crippen LogP contribution is 2.39. The first-order chi connectivity index (χ1) is 9.12. The molecule has 0 aliphatic carbocycles. The maximum atomic E-state index is 10.9. The van der Waals surface area contributed by atoms with Crippen molar-refractivity contribution in [2.24, 2.45) is 0 Å². The van der Waals surface area contributed by atoms with Crippen LogP contribution in [0.5, 0.6) is 5.75 Å². The minimum Gasteiger partial charge on any atom is -0.460 e. The molecule has 1 N–H and O–H groups in total. The van der Waals surface area contributed by atoms with Crippen LogP contribution >= 0.6 is 11.6 Å². The van der Waals surface area contributed by atoms with Crippen molar-refractivity contribution in [2.75, 3.05) is 18.0 Å². The number of hydrogen-bond acceptors (Lipinski definition) is 4. The molecule has 0 fully saturated rings. The van der Waals surface area contributed by atoms with Crippen LogP contribution in [0, 0.1) is 0 Å². The highest BCUT2D eigenvalue weighted by atomic mass is 35.5. The summed E-state index contributed by atoms with van der Waals surface area (Å²) in [7, 11) is 0. The van der Waals surface area contributed by atoms with Crippen molar-refractivity contribution in [3.05, 3.63) is 29.3 Å². The lowest BCUT2D eigenvalue weighted by Gasteiger charge is -2.26. The number of rotatable bonds is 4. The SMILES string of the molecule is CCN(CC)c1ccc2c(c1)OC(O)C(C=O)=C2Cl. The molecule has 1 aliphatic rings. The monoisotopic (exact) mass is 281 g/mol. The second-order valence-electron chi connectivity index (χ2n) is 4.21. The number of ether oxygens (including phenoxy) is 1. The predicted octanol–water partition coefficient (Wildman–Crippen LogP) is 2.39. The Hall–Kier alpha value is -1.52. The Balaban J connectivity index is 2.46. The van der Waals surface area contributed by atoms with E-state index in [1.54, 1.807) is 6.07 Å². The van der Waals surface area contributed by atoms with E-state index in [1.807, 2.05) is 12.1 Å². The molecule has 1 aromatic carbocycles. The Morgan fingerprint density at radius 3 is 2.68 bits per heavy atom. The number of aliphatic hydroxyl groups is 1. The van der Waals surface area contributed by atoms with Gasteiger partial charge < -0.3 is 14.7 Å². The minimum atomic E-state index is -1.30. The second-order valence-corrected chi connectivity index (χ2v) is 4.59. The van der Waals surface area contributed by atoms with Gasteiger partial charge in [-0.3, -0.25) is 4.79 Å². The van der Waals surface area contributed by atoms with Crippen molar-refractivity contribution in [1.82, 2.24) is 0 Å². The Morgan fingerprint density at radius 1 is 1.42 bits per heavy atom. The third-order valence-corrected chi connectivity index (χ3v) is 3.64. The Morgan fingerprint density at radius 2 is 2.11 bits per heavy atom. The van der Waals surface area contributed by atoms with E-state index in [4.69, 9.17) is 16.3 Å². The van der Waals surface area contributed by atoms with E-state index in [1.165, 1.54) is 0 Å². The van der Waals surface area contributed by atoms with Crippen LogP contribution in [0.25, 0.3) is 5.03 Å². The van der Waals surface area contributed by atoms with Crippen molar-refractivity contribution in [2.45, 2.75) is 20.1 Å². The van der Waals surface area contributed by atoms with E-state index in [-0.39, 0.29) is 10.6 Å². The standard InChI is InChI=1S/C14H16ClNO3/c1-3-16(4-2)9-5-6-10-12(7-9)19-14(18)11(8-17)13(10)15/h5-8,14,18H,3-4H2,1-2H3. The Kier molecular flexibility index (Phi) is 4.12. The summed E-state index contributed by atoms with van der Waals surface area (Å²) in [5, 5.41) is 9.97. The molecule has 1 aliphatic heterocycles. The zero-order valence-corrected chi connectivity index (χ0v) is 11.6. The molecule has 1 heterocycles. The topological polar surface area (TPSA) is 49.8 Å². The van der Waals surface area contributed by atoms with Gasteiger partial charge in [-0.15, -0.1) is 0 Å². The number of nitrogens with zero attached hydrogens (tertiary/aromatic N) is 1. The third kappa shape index (κ3) is 2.46. The smallest absolute Gasteiger partial charge is 0.228 e. The molecular formula is C14H16ClNO3. The van der Waals surface area contributed by atoms with Gasteiger partial charge in [0.25, 0.3) is 0 Å². The normalized spacial score (nSPS) is 17.8. The van der Waals surface area contributed by atoms with Gasteiger partial charge in [0.15, 0.2) is 6.29 Å². The Labute approximate surface area is 117 Å². The van der Waals surface area contributed by atoms with E-state index in [9.17, 15) is 9.90 Å². The molecule has 19 heavy (non-hydrogen) atoms. The molecule has 0 spiro atoms. The van der Waals surface area contributed by atoms with Gasteiger partial charge in [-0.05, 0) is 26.0 Å². The molecule has 0 saturated carbocycles. The molecule has 1 atom stereocenters. The first kappa shape index (κ1) is 13.9. The summed E-state index contributed by atoms with van der Waals surface area (Å²) in [5.74, 6) is 0.493. The number of benzene rings is 1. The molecule has 1 aromatic rings. The summed E-state index contributed by atoms with van der Waals surface area (Å²) < 4.78 is 5.34. The van der Waals surface area contributed by atoms with Crippen LogP contribution in [0.1, 0.15) is 19.4 Å². The number of carbonyl (C=O) groups excluding carboxylic acids is 1. The van der Waals surface area contributed by atoms with Gasteiger partial charge in [0, 0.05) is 30.4 Å². The van der Waals surface area contributed by atoms with E-state index >= 15 is 0 Å². The number of aliphatic hydroxyl groups excluding tert-OH is 1. The molecule has 102 valence electrons. The van der Waals surface area contributed by atoms with Gasteiger partial charge in [0.2, 0.25) is 6.29 Å². The second kappa shape index (κ2) is 5.63. The summed E-state index contributed by atoms with van der Waals surface area (Å²) in [4.78, 5) is 13.0. The van der Waals surface area contributed by atoms with E-state index in [2.05, 4.69) is 18.7 Å². The summed E-state index contributed by atoms with van der Waals surface area (Å²) in [6, 6.07) is 5.56. The molecule has 0 radical (unpaired) electrons. The van der Waals surface area contributed by atoms with Crippen molar-refractivity contribution >= 4 is 28.6 Å². The van der Waals surface area contributed by atoms with Gasteiger partial charge in [-0.2, -0.15) is 0 Å². The van der Waals surface area contributed by atoms with Crippen LogP contribution in [0.2, 0.25) is 0 Å². The van der Waals surface area contributed by atoms with Gasteiger partial charge in [-0.1, -0.05) is 11.6 Å². The number of carbonyl (C=O) groups is 1. The molecule has 4 nitrogen and oxygen atoms in total. The number of hydrogen-bond donors (Lipinski definition) is 1. The summed E-state index contributed by atoms with van der Waals surface area (Å²) in [6.07, 6.45) is -0.779. The number of halogens is 1. The van der Waals surface area contributed by atoms with Gasteiger partial charge >= 0.3 is 0 Å². The number of anilines is 1. The van der Waals surface area contributed by atoms with Crippen LogP contribution in [0.4, 0.5) is 5.69 Å². The van der Waals surface area contributed by atoms with Crippen molar-refractivity contribution in [1.29, 1.82) is 0 Å². The molecule has 2 rings (SSSR count). The zero-order valence-electron chi connectivity index (χ0n) is 10.9. The number of fused-ring (bicyclic) bond motifs is 1. The molecule has 0 saturated heterocycles. The van der Waals surface area contributed by atoms with Crippen molar-refractivity contribution in [3.63, 3.8) is 0 Å². The first-order valence-electron chi connectivity index (χ1n) is 6.21. The number of aldehydes is 1. The van der Waals surface area contributed by atoms with Gasteiger partial charge in [0.1, 0.15) is 5.75 Å². The average molecular weight is 282 g/mol. The summed E-state index contributed by atoms with van der Waals surface area (Å²) >= 11 is 6.10. The summed E-state index contributed by atoms with van der Waals surface area (Å²) in [6.45, 7) is 5.88. The minimum absolute atomic E-state index is 0.0600. The van der Waals surface area contributed by atoms with Gasteiger partial charge in [-0.25, -0.2) is 0 Å². The fraction of sp³-hybridized carbons (Fsp3) is 0.357. The molecule has 0 amide bonds. The largest absolute Gasteiger partial charge is 0.460 e. The van der Waals surface area contributed by atoms with Crippen LogP contribution in [-0.4, -0.2) is 30.8 Å². The Bertz CT molecular complexity index is 523. The average Bonchev–Trinajstić information content (AvgIpc) is 2.40. The fourth-order valence-corrected chi connectivity index (χ4v) is 2.43. The predicted molar refractivity (Wildman–Crippen MR) is 75.5 cm³/mol. The maximum Gasteiger partial charge on any atom is 0.228 e. The first-order valence-corrected chi connectivity index (χ1v) is 6.59. The summed E-state index contributed by atoms with van der Waals surface area (Å²) in [5.41, 5.74) is 1.68. The maximum absolute atomic E-state index is 10.9. The lowest BCUT2D eigenvalue weighted by atomic mass is 10.1. The fourth-order valence-electron chi connectivity index (χ4n) is 2.13. The lowest BCUT2D eigenvalue weighted by molar-refractivity contribution is -0.107. The van der Waals surface area contributed by atoms with Crippen molar-refractivity contribution < 1.29 is 14.6 Å². The van der Waals surface area contributed by atoms with Crippen molar-refractivity contribution in [3.8, 4) is 5.75 Å². The van der Waals surface area contributed by atoms with E-state index < -0.39 is 6.29 Å². The van der Waals surface area contributed by atoms with Crippen LogP contribution in [0.3, 0.4) is 0 Å². The van der Waals surface area contributed by atoms with Crippen LogP contribution in [-0.2, 0) is 4.79 Å². The van der Waals surface area contributed by atoms with E-state index in [0.29, 0.717) is 17.6 Å². The van der Waals surface area contributed by atoms with Gasteiger partial charge in [0.05, 0.1) is 10.6 Å². The molecule has 5 heteroatoms. The highest BCUT2D eigenvalue weighted by molar-refractivity contribution is 6.51. The highest BCUT2D eigenvalue weighted by Gasteiger charge is 2.26. The third-order valence-electron chi connectivity index (χ3n) is 3.22. The van der Waals surface area contributed by atoms with E-state index in [0.717, 1.165) is 18.8 Å². The molecule has 0 bridgehead atoms.